The Kier molecular flexibility index (Phi) is 1.51. The summed E-state index contributed by atoms with van der Waals surface area (Å²) in [6, 6.07) is 3.85. The van der Waals surface area contributed by atoms with E-state index in [0.29, 0.717) is 5.88 Å². The maximum Gasteiger partial charge on any atom is 0.213 e. The van der Waals surface area contributed by atoms with E-state index in [0.717, 1.165) is 12.2 Å². The first-order valence-corrected chi connectivity index (χ1v) is 3.51. The fourth-order valence-corrected chi connectivity index (χ4v) is 0.977. The minimum atomic E-state index is 0.284. The highest BCUT2D eigenvalue weighted by molar-refractivity contribution is 5.24. The van der Waals surface area contributed by atoms with Crippen LogP contribution in [0, 0.1) is 0 Å². The first-order valence-electron chi connectivity index (χ1n) is 3.51. The molecule has 3 nitrogen and oxygen atoms in total. The smallest absolute Gasteiger partial charge is 0.213 e. The lowest BCUT2D eigenvalue weighted by molar-refractivity contribution is 0.392. The molecule has 0 aromatic carbocycles. The topological polar surface area (TPSA) is 34.6 Å². The summed E-state index contributed by atoms with van der Waals surface area (Å²) in [5.41, 5.74) is 1.15. The largest absolute Gasteiger partial charge is 0.481 e. The van der Waals surface area contributed by atoms with E-state index in [4.69, 9.17) is 9.47 Å². The molecule has 2 rings (SSSR count). The molecule has 0 N–H and O–H groups in total. The lowest BCUT2D eigenvalue weighted by Gasteiger charge is -1.98. The molecular weight excluding hydrogens is 142 g/mol. The summed E-state index contributed by atoms with van der Waals surface area (Å²) < 4.78 is 10.1. The number of ether oxygens (including phenoxy) is 2. The number of nitrogens with zero attached hydrogens (tertiary/aromatic N) is 1. The molecule has 1 aliphatic heterocycles. The molecular formula is C8H9NO2. The van der Waals surface area contributed by atoms with Crippen LogP contribution in [-0.4, -0.2) is 18.7 Å². The van der Waals surface area contributed by atoms with Crippen molar-refractivity contribution in [1.29, 1.82) is 0 Å². The highest BCUT2D eigenvalue weighted by Crippen LogP contribution is 2.30. The highest BCUT2D eigenvalue weighted by Gasteiger charge is 2.24. The first kappa shape index (κ1) is 6.61. The summed E-state index contributed by atoms with van der Waals surface area (Å²) in [7, 11) is 1.61. The zero-order chi connectivity index (χ0) is 7.68. The molecule has 1 saturated heterocycles. The van der Waals surface area contributed by atoms with Gasteiger partial charge in [0.1, 0.15) is 6.10 Å². The SMILES string of the molecule is COc1cc([C@H]2CO2)ccn1. The van der Waals surface area contributed by atoms with Crippen LogP contribution in [0.15, 0.2) is 18.3 Å². The highest BCUT2D eigenvalue weighted by atomic mass is 16.6. The average Bonchev–Trinajstić information content (AvgIpc) is 2.87. The molecule has 58 valence electrons. The summed E-state index contributed by atoms with van der Waals surface area (Å²) in [6.45, 7) is 0.827. The van der Waals surface area contributed by atoms with Crippen LogP contribution < -0.4 is 4.74 Å². The zero-order valence-corrected chi connectivity index (χ0v) is 6.28. The standard InChI is InChI=1S/C8H9NO2/c1-10-8-4-6(2-3-9-8)7-5-11-7/h2-4,7H,5H2,1H3/t7-/m1/s1. The van der Waals surface area contributed by atoms with Gasteiger partial charge in [-0.05, 0) is 11.6 Å². The van der Waals surface area contributed by atoms with E-state index in [-0.39, 0.29) is 6.10 Å². The Morgan fingerprint density at radius 1 is 1.73 bits per heavy atom. The van der Waals surface area contributed by atoms with Gasteiger partial charge in [-0.15, -0.1) is 0 Å². The van der Waals surface area contributed by atoms with Crippen molar-refractivity contribution in [2.75, 3.05) is 13.7 Å². The number of hydrogen-bond donors (Lipinski definition) is 0. The quantitative estimate of drug-likeness (QED) is 0.595. The Morgan fingerprint density at radius 2 is 2.55 bits per heavy atom. The Morgan fingerprint density at radius 3 is 3.18 bits per heavy atom. The van der Waals surface area contributed by atoms with Gasteiger partial charge in [0, 0.05) is 12.3 Å². The molecule has 0 unspecified atom stereocenters. The summed E-state index contributed by atoms with van der Waals surface area (Å²) in [5.74, 6) is 0.651. The number of hydrogen-bond acceptors (Lipinski definition) is 3. The van der Waals surface area contributed by atoms with E-state index in [9.17, 15) is 0 Å². The lowest BCUT2D eigenvalue weighted by atomic mass is 10.2. The van der Waals surface area contributed by atoms with Crippen molar-refractivity contribution in [3.63, 3.8) is 0 Å². The molecule has 0 bridgehead atoms. The molecule has 0 saturated carbocycles. The number of aromatic nitrogens is 1. The van der Waals surface area contributed by atoms with Crippen LogP contribution in [0.4, 0.5) is 0 Å². The van der Waals surface area contributed by atoms with Crippen molar-refractivity contribution in [3.05, 3.63) is 23.9 Å². The molecule has 1 fully saturated rings. The Bertz CT molecular complexity index is 258. The molecule has 1 atom stereocenters. The van der Waals surface area contributed by atoms with Crippen LogP contribution in [0.3, 0.4) is 0 Å². The second-order valence-corrected chi connectivity index (χ2v) is 2.45. The van der Waals surface area contributed by atoms with E-state index < -0.39 is 0 Å². The fourth-order valence-electron chi connectivity index (χ4n) is 0.977. The minimum absolute atomic E-state index is 0.284. The normalized spacial score (nSPS) is 21.4. The predicted molar refractivity (Wildman–Crippen MR) is 39.5 cm³/mol. The third-order valence-corrected chi connectivity index (χ3v) is 1.67. The number of methoxy groups -OCH3 is 1. The molecule has 0 aliphatic carbocycles. The monoisotopic (exact) mass is 151 g/mol. The summed E-state index contributed by atoms with van der Waals surface area (Å²) in [4.78, 5) is 3.99. The number of pyridine rings is 1. The maximum absolute atomic E-state index is 5.11. The van der Waals surface area contributed by atoms with Gasteiger partial charge in [-0.1, -0.05) is 0 Å². The van der Waals surface area contributed by atoms with Crippen molar-refractivity contribution in [3.8, 4) is 5.88 Å². The van der Waals surface area contributed by atoms with E-state index in [1.54, 1.807) is 13.3 Å². The molecule has 0 amide bonds. The van der Waals surface area contributed by atoms with Crippen LogP contribution in [0.2, 0.25) is 0 Å². The average molecular weight is 151 g/mol. The lowest BCUT2D eigenvalue weighted by Crippen LogP contribution is -1.88. The molecule has 1 aromatic heterocycles. The Labute approximate surface area is 65.0 Å². The third-order valence-electron chi connectivity index (χ3n) is 1.67. The molecule has 11 heavy (non-hydrogen) atoms. The molecule has 1 aromatic rings. The third kappa shape index (κ3) is 1.33. The Balaban J connectivity index is 2.26. The molecule has 0 spiro atoms. The van der Waals surface area contributed by atoms with Gasteiger partial charge in [-0.3, -0.25) is 0 Å². The van der Waals surface area contributed by atoms with Crippen molar-refractivity contribution in [2.24, 2.45) is 0 Å². The van der Waals surface area contributed by atoms with Gasteiger partial charge in [0.2, 0.25) is 5.88 Å². The van der Waals surface area contributed by atoms with Gasteiger partial charge < -0.3 is 9.47 Å². The first-order chi connectivity index (χ1) is 5.40. The van der Waals surface area contributed by atoms with E-state index in [2.05, 4.69) is 4.98 Å². The molecule has 3 heteroatoms. The summed E-state index contributed by atoms with van der Waals surface area (Å²) in [5, 5.41) is 0. The van der Waals surface area contributed by atoms with E-state index >= 15 is 0 Å². The minimum Gasteiger partial charge on any atom is -0.481 e. The van der Waals surface area contributed by atoms with Gasteiger partial charge in [-0.2, -0.15) is 0 Å². The van der Waals surface area contributed by atoms with Gasteiger partial charge in [-0.25, -0.2) is 4.98 Å². The van der Waals surface area contributed by atoms with Crippen LogP contribution in [-0.2, 0) is 4.74 Å². The number of rotatable bonds is 2. The van der Waals surface area contributed by atoms with Crippen molar-refractivity contribution >= 4 is 0 Å². The van der Waals surface area contributed by atoms with Crippen LogP contribution >= 0.6 is 0 Å². The Hall–Kier alpha value is -1.09. The molecule has 1 aliphatic rings. The van der Waals surface area contributed by atoms with Crippen LogP contribution in [0.5, 0.6) is 5.88 Å². The van der Waals surface area contributed by atoms with Gasteiger partial charge in [0.15, 0.2) is 0 Å². The van der Waals surface area contributed by atoms with E-state index in [1.165, 1.54) is 0 Å². The van der Waals surface area contributed by atoms with Crippen LogP contribution in [0.1, 0.15) is 11.7 Å². The van der Waals surface area contributed by atoms with Crippen molar-refractivity contribution in [1.82, 2.24) is 4.98 Å². The van der Waals surface area contributed by atoms with Crippen LogP contribution in [0.25, 0.3) is 0 Å². The van der Waals surface area contributed by atoms with Gasteiger partial charge in [0.05, 0.1) is 13.7 Å². The fraction of sp³-hybridized carbons (Fsp3) is 0.375. The summed E-state index contributed by atoms with van der Waals surface area (Å²) >= 11 is 0. The second-order valence-electron chi connectivity index (χ2n) is 2.45. The summed E-state index contributed by atoms with van der Waals surface area (Å²) in [6.07, 6.45) is 2.02. The zero-order valence-electron chi connectivity index (χ0n) is 6.28. The van der Waals surface area contributed by atoms with Crippen molar-refractivity contribution < 1.29 is 9.47 Å². The molecule has 0 radical (unpaired) electrons. The van der Waals surface area contributed by atoms with Gasteiger partial charge in [0.25, 0.3) is 0 Å². The predicted octanol–water partition coefficient (Wildman–Crippen LogP) is 1.16. The second kappa shape index (κ2) is 2.51. The van der Waals surface area contributed by atoms with Crippen molar-refractivity contribution in [2.45, 2.75) is 6.10 Å². The number of epoxide rings is 1. The van der Waals surface area contributed by atoms with Gasteiger partial charge >= 0.3 is 0 Å². The molecule has 2 heterocycles. The van der Waals surface area contributed by atoms with E-state index in [1.807, 2.05) is 12.1 Å². The maximum atomic E-state index is 5.11.